The average Bonchev–Trinajstić information content (AvgIpc) is 3.92. The summed E-state index contributed by atoms with van der Waals surface area (Å²) in [6.45, 7) is 7.49. The molecule has 0 aliphatic rings. The second kappa shape index (κ2) is 10.6. The van der Waals surface area contributed by atoms with Gasteiger partial charge < -0.3 is 0 Å². The van der Waals surface area contributed by atoms with Gasteiger partial charge in [0, 0.05) is 74.6 Å². The van der Waals surface area contributed by atoms with Gasteiger partial charge in [-0.15, -0.1) is 45.3 Å². The van der Waals surface area contributed by atoms with Crippen molar-refractivity contribution in [3.05, 3.63) is 115 Å². The number of rotatable bonds is 4. The van der Waals surface area contributed by atoms with Crippen LogP contribution in [0.4, 0.5) is 5.69 Å². The summed E-state index contributed by atoms with van der Waals surface area (Å²) in [5.41, 5.74) is 5.83. The standard InChI is InChI=1S/C36H16N6S4/c1-38-24-5-4-23(35-36(24)42-13-12-41-35)26-7-9-28(44-26)32-17-21-15-29-20(14-30(21)46-32)16-31(45-29)27-8-6-25(43-27)22-3-2-19(18-37)33-34(22)40-11-10-39-33/h2-17H. The van der Waals surface area contributed by atoms with Crippen LogP contribution in [-0.2, 0) is 0 Å². The lowest BCUT2D eigenvalue weighted by Crippen LogP contribution is -1.89. The topological polar surface area (TPSA) is 79.7 Å². The summed E-state index contributed by atoms with van der Waals surface area (Å²) in [5, 5.41) is 12.0. The predicted octanol–water partition coefficient (Wildman–Crippen LogP) is 11.2. The van der Waals surface area contributed by atoms with Crippen LogP contribution >= 0.6 is 45.3 Å². The Morgan fingerprint density at radius 1 is 0.522 bits per heavy atom. The number of fused-ring (bicyclic) bond motifs is 4. The van der Waals surface area contributed by atoms with E-state index in [-0.39, 0.29) is 0 Å². The summed E-state index contributed by atoms with van der Waals surface area (Å²) < 4.78 is 2.52. The molecule has 214 valence electrons. The zero-order chi connectivity index (χ0) is 30.8. The fourth-order valence-corrected chi connectivity index (χ4v) is 10.1. The molecule has 0 radical (unpaired) electrons. The van der Waals surface area contributed by atoms with Crippen LogP contribution in [0.1, 0.15) is 5.56 Å². The Kier molecular flexibility index (Phi) is 6.23. The molecule has 9 aromatic rings. The molecule has 0 spiro atoms. The predicted molar refractivity (Wildman–Crippen MR) is 192 cm³/mol. The highest BCUT2D eigenvalue weighted by Gasteiger charge is 2.16. The zero-order valence-electron chi connectivity index (χ0n) is 23.6. The number of hydrogen-bond donors (Lipinski definition) is 0. The van der Waals surface area contributed by atoms with Crippen molar-refractivity contribution in [2.75, 3.05) is 0 Å². The van der Waals surface area contributed by atoms with Crippen molar-refractivity contribution >= 4 is 93.3 Å². The van der Waals surface area contributed by atoms with E-state index in [1.165, 1.54) is 39.7 Å². The van der Waals surface area contributed by atoms with E-state index >= 15 is 0 Å². The van der Waals surface area contributed by atoms with Gasteiger partial charge >= 0.3 is 0 Å². The summed E-state index contributed by atoms with van der Waals surface area (Å²) in [6.07, 6.45) is 6.62. The monoisotopic (exact) mass is 660 g/mol. The summed E-state index contributed by atoms with van der Waals surface area (Å²) >= 11 is 7.08. The SMILES string of the molecule is [C-]#[N+]c1ccc(-c2ccc(-c3cc4cc5sc(-c6ccc(-c7ccc(C#N)c8nccnc78)s6)cc5cc4s3)s2)c2nccnc12. The molecule has 3 aromatic carbocycles. The molecule has 0 fully saturated rings. The van der Waals surface area contributed by atoms with Gasteiger partial charge in [-0.2, -0.15) is 5.26 Å². The molecule has 0 saturated heterocycles. The van der Waals surface area contributed by atoms with E-state index in [4.69, 9.17) is 6.57 Å². The molecule has 9 rings (SSSR count). The molecule has 0 saturated carbocycles. The third-order valence-corrected chi connectivity index (χ3v) is 12.7. The van der Waals surface area contributed by atoms with Crippen LogP contribution in [-0.4, -0.2) is 19.9 Å². The second-order valence-corrected chi connectivity index (χ2v) is 14.8. The first-order chi connectivity index (χ1) is 22.7. The third-order valence-electron chi connectivity index (χ3n) is 7.85. The van der Waals surface area contributed by atoms with E-state index in [9.17, 15) is 5.26 Å². The molecule has 46 heavy (non-hydrogen) atoms. The summed E-state index contributed by atoms with van der Waals surface area (Å²) in [6, 6.07) is 27.6. The van der Waals surface area contributed by atoms with Crippen LogP contribution in [0.2, 0.25) is 0 Å². The number of nitrogens with zero attached hydrogens (tertiary/aromatic N) is 6. The smallest absolute Gasteiger partial charge is 0.214 e. The number of hydrogen-bond acceptors (Lipinski definition) is 9. The van der Waals surface area contributed by atoms with Gasteiger partial charge in [0.25, 0.3) is 0 Å². The maximum absolute atomic E-state index is 9.51. The van der Waals surface area contributed by atoms with E-state index in [1.54, 1.807) is 58.8 Å². The van der Waals surface area contributed by atoms with E-state index in [0.717, 1.165) is 31.9 Å². The van der Waals surface area contributed by atoms with Gasteiger partial charge in [-0.25, -0.2) is 4.85 Å². The normalized spacial score (nSPS) is 11.4. The Labute approximate surface area is 278 Å². The first-order valence-corrected chi connectivity index (χ1v) is 17.4. The Bertz CT molecular complexity index is 2520. The molecule has 0 bridgehead atoms. The Morgan fingerprint density at radius 2 is 1.02 bits per heavy atom. The summed E-state index contributed by atoms with van der Waals surface area (Å²) in [4.78, 5) is 28.7. The van der Waals surface area contributed by atoms with Crippen LogP contribution in [0.5, 0.6) is 0 Å². The van der Waals surface area contributed by atoms with Crippen molar-refractivity contribution in [2.24, 2.45) is 0 Å². The molecule has 0 atom stereocenters. The van der Waals surface area contributed by atoms with Crippen molar-refractivity contribution in [3.8, 4) is 46.5 Å². The minimum atomic E-state index is 0.519. The minimum absolute atomic E-state index is 0.519. The molecule has 0 aliphatic carbocycles. The number of nitriles is 1. The van der Waals surface area contributed by atoms with E-state index < -0.39 is 0 Å². The van der Waals surface area contributed by atoms with Crippen molar-refractivity contribution in [3.63, 3.8) is 0 Å². The maximum Gasteiger partial charge on any atom is 0.214 e. The molecular formula is C36H16N6S4. The van der Waals surface area contributed by atoms with Crippen LogP contribution in [0, 0.1) is 17.9 Å². The molecule has 0 N–H and O–H groups in total. The van der Waals surface area contributed by atoms with Gasteiger partial charge in [-0.05, 0) is 71.4 Å². The summed E-state index contributed by atoms with van der Waals surface area (Å²) in [7, 11) is 0. The third kappa shape index (κ3) is 4.31. The lowest BCUT2D eigenvalue weighted by Gasteiger charge is -2.04. The van der Waals surface area contributed by atoms with Crippen LogP contribution in [0.25, 0.3) is 87.5 Å². The second-order valence-electron chi connectivity index (χ2n) is 10.5. The van der Waals surface area contributed by atoms with Gasteiger partial charge in [-0.1, -0.05) is 12.1 Å². The van der Waals surface area contributed by atoms with Gasteiger partial charge in [0.15, 0.2) is 0 Å². The lowest BCUT2D eigenvalue weighted by molar-refractivity contribution is 1.29. The number of thiophene rings is 4. The summed E-state index contributed by atoms with van der Waals surface area (Å²) in [5.74, 6) is 0. The first kappa shape index (κ1) is 27.0. The van der Waals surface area contributed by atoms with Crippen LogP contribution < -0.4 is 0 Å². The average molecular weight is 661 g/mol. The van der Waals surface area contributed by atoms with Gasteiger partial charge in [0.05, 0.1) is 28.7 Å². The van der Waals surface area contributed by atoms with Crippen molar-refractivity contribution in [1.29, 1.82) is 5.26 Å². The molecule has 6 aromatic heterocycles. The molecule has 6 heterocycles. The molecule has 10 heteroatoms. The molecular weight excluding hydrogens is 645 g/mol. The lowest BCUT2D eigenvalue weighted by atomic mass is 10.1. The number of benzene rings is 3. The Morgan fingerprint density at radius 3 is 1.59 bits per heavy atom. The van der Waals surface area contributed by atoms with E-state index in [2.05, 4.69) is 79.4 Å². The Balaban J connectivity index is 1.04. The minimum Gasteiger partial charge on any atom is -0.265 e. The van der Waals surface area contributed by atoms with Crippen molar-refractivity contribution in [1.82, 2.24) is 19.9 Å². The fraction of sp³-hybridized carbons (Fsp3) is 0. The number of aromatic nitrogens is 4. The van der Waals surface area contributed by atoms with Gasteiger partial charge in [0.2, 0.25) is 5.69 Å². The van der Waals surface area contributed by atoms with Crippen LogP contribution in [0.3, 0.4) is 0 Å². The van der Waals surface area contributed by atoms with Gasteiger partial charge in [-0.3, -0.25) is 19.9 Å². The maximum atomic E-state index is 9.51. The molecule has 0 unspecified atom stereocenters. The molecule has 0 amide bonds. The van der Waals surface area contributed by atoms with E-state index in [0.29, 0.717) is 22.3 Å². The largest absolute Gasteiger partial charge is 0.265 e. The van der Waals surface area contributed by atoms with Crippen molar-refractivity contribution < 1.29 is 0 Å². The highest BCUT2D eigenvalue weighted by Crippen LogP contribution is 2.46. The quantitative estimate of drug-likeness (QED) is 0.176. The highest BCUT2D eigenvalue weighted by atomic mass is 32.1. The zero-order valence-corrected chi connectivity index (χ0v) is 26.8. The first-order valence-electron chi connectivity index (χ1n) is 14.1. The van der Waals surface area contributed by atoms with E-state index in [1.807, 2.05) is 35.6 Å². The molecule has 0 aliphatic heterocycles. The highest BCUT2D eigenvalue weighted by molar-refractivity contribution is 7.28. The fourth-order valence-electron chi connectivity index (χ4n) is 5.72. The van der Waals surface area contributed by atoms with Crippen LogP contribution in [0.15, 0.2) is 97.6 Å². The van der Waals surface area contributed by atoms with Crippen molar-refractivity contribution in [2.45, 2.75) is 0 Å². The Hall–Kier alpha value is -5.36. The van der Waals surface area contributed by atoms with Gasteiger partial charge in [0.1, 0.15) is 11.6 Å². The molecule has 6 nitrogen and oxygen atoms in total.